The lowest BCUT2D eigenvalue weighted by Gasteiger charge is -2.32. The fourth-order valence-electron chi connectivity index (χ4n) is 2.89. The van der Waals surface area contributed by atoms with Crippen LogP contribution in [0.2, 0.25) is 0 Å². The van der Waals surface area contributed by atoms with E-state index in [1.165, 1.54) is 20.3 Å². The Morgan fingerprint density at radius 1 is 1.18 bits per heavy atom. The fraction of sp³-hybridized carbons (Fsp3) is 0.684. The zero-order chi connectivity index (χ0) is 21.1. The maximum absolute atomic E-state index is 11.9. The van der Waals surface area contributed by atoms with Gasteiger partial charge in [0.2, 0.25) is 5.88 Å². The summed E-state index contributed by atoms with van der Waals surface area (Å²) >= 11 is 0. The monoisotopic (exact) mass is 395 g/mol. The van der Waals surface area contributed by atoms with Crippen LogP contribution in [0.5, 0.6) is 5.88 Å². The predicted molar refractivity (Wildman–Crippen MR) is 104 cm³/mol. The van der Waals surface area contributed by atoms with E-state index in [1.54, 1.807) is 0 Å². The average molecular weight is 395 g/mol. The molecule has 0 spiro atoms. The third kappa shape index (κ3) is 4.65. The van der Waals surface area contributed by atoms with Gasteiger partial charge in [0.1, 0.15) is 11.7 Å². The van der Waals surface area contributed by atoms with Crippen molar-refractivity contribution in [3.05, 3.63) is 17.3 Å². The number of aromatic nitrogens is 1. The first-order valence-electron chi connectivity index (χ1n) is 9.33. The highest BCUT2D eigenvalue weighted by molar-refractivity contribution is 6.62. The number of carbonyl (C=O) groups is 1. The number of ether oxygens (including phenoxy) is 3. The van der Waals surface area contributed by atoms with Crippen molar-refractivity contribution >= 4 is 18.6 Å². The Morgan fingerprint density at radius 2 is 1.71 bits per heavy atom. The first-order chi connectivity index (χ1) is 13.1. The number of aromatic carboxylic acids is 1. The Kier molecular flexibility index (Phi) is 7.09. The highest BCUT2D eigenvalue weighted by Gasteiger charge is 2.52. The molecule has 0 bridgehead atoms. The molecule has 28 heavy (non-hydrogen) atoms. The average Bonchev–Trinajstić information content (AvgIpc) is 2.82. The molecule has 0 atom stereocenters. The van der Waals surface area contributed by atoms with E-state index >= 15 is 0 Å². The van der Waals surface area contributed by atoms with Gasteiger partial charge in [-0.2, -0.15) is 0 Å². The maximum Gasteiger partial charge on any atom is 0.496 e. The molecule has 9 heteroatoms. The Hall–Kier alpha value is -1.68. The minimum atomic E-state index is -1.14. The van der Waals surface area contributed by atoms with Crippen LogP contribution in [0.3, 0.4) is 0 Å². The Bertz CT molecular complexity index is 686. The maximum atomic E-state index is 11.9. The summed E-state index contributed by atoms with van der Waals surface area (Å²) in [4.78, 5) is 16.4. The molecule has 0 amide bonds. The van der Waals surface area contributed by atoms with E-state index in [4.69, 9.17) is 23.5 Å². The van der Waals surface area contributed by atoms with Crippen LogP contribution in [0, 0.1) is 0 Å². The molecule has 2 heterocycles. The molecule has 0 unspecified atom stereocenters. The van der Waals surface area contributed by atoms with E-state index in [1.807, 2.05) is 34.6 Å². The SMILES string of the molecule is CCc1nc(OC(COC)COC)c(C(=O)O)cc1B1OC(C)(C)C(C)(C)O1. The van der Waals surface area contributed by atoms with E-state index in [0.717, 1.165) is 0 Å². The number of carboxylic acids is 1. The topological polar surface area (TPSA) is 96.3 Å². The van der Waals surface area contributed by atoms with Gasteiger partial charge in [-0.25, -0.2) is 9.78 Å². The second-order valence-corrected chi connectivity index (χ2v) is 7.77. The van der Waals surface area contributed by atoms with Crippen molar-refractivity contribution in [2.24, 2.45) is 0 Å². The van der Waals surface area contributed by atoms with Crippen LogP contribution in [-0.4, -0.2) is 67.9 Å². The van der Waals surface area contributed by atoms with Gasteiger partial charge in [0.05, 0.1) is 24.4 Å². The minimum absolute atomic E-state index is 0.0312. The molecule has 1 N–H and O–H groups in total. The first-order valence-corrected chi connectivity index (χ1v) is 9.33. The van der Waals surface area contributed by atoms with Gasteiger partial charge in [-0.1, -0.05) is 6.92 Å². The van der Waals surface area contributed by atoms with Gasteiger partial charge in [0, 0.05) is 25.4 Å². The van der Waals surface area contributed by atoms with Crippen LogP contribution in [-0.2, 0) is 25.2 Å². The van der Waals surface area contributed by atoms with Crippen molar-refractivity contribution in [3.8, 4) is 5.88 Å². The molecule has 8 nitrogen and oxygen atoms in total. The van der Waals surface area contributed by atoms with Gasteiger partial charge in [-0.15, -0.1) is 0 Å². The van der Waals surface area contributed by atoms with E-state index in [-0.39, 0.29) is 24.7 Å². The number of hydrogen-bond donors (Lipinski definition) is 1. The molecule has 1 aromatic heterocycles. The molecule has 2 rings (SSSR count). The number of nitrogens with zero attached hydrogens (tertiary/aromatic N) is 1. The van der Waals surface area contributed by atoms with Crippen molar-refractivity contribution in [3.63, 3.8) is 0 Å². The minimum Gasteiger partial charge on any atom is -0.477 e. The summed E-state index contributed by atoms with van der Waals surface area (Å²) in [5, 5.41) is 9.71. The lowest BCUT2D eigenvalue weighted by atomic mass is 9.76. The van der Waals surface area contributed by atoms with Crippen LogP contribution in [0.15, 0.2) is 6.07 Å². The van der Waals surface area contributed by atoms with Gasteiger partial charge in [0.15, 0.2) is 0 Å². The Morgan fingerprint density at radius 3 is 2.14 bits per heavy atom. The number of hydrogen-bond acceptors (Lipinski definition) is 7. The number of methoxy groups -OCH3 is 2. The molecular formula is C19H30BNO7. The van der Waals surface area contributed by atoms with Gasteiger partial charge in [0.25, 0.3) is 0 Å². The van der Waals surface area contributed by atoms with E-state index in [9.17, 15) is 9.90 Å². The zero-order valence-electron chi connectivity index (χ0n) is 17.7. The predicted octanol–water partition coefficient (Wildman–Crippen LogP) is 1.68. The summed E-state index contributed by atoms with van der Waals surface area (Å²) < 4.78 is 28.2. The molecule has 1 aliphatic rings. The summed E-state index contributed by atoms with van der Waals surface area (Å²) in [6, 6.07) is 1.53. The summed E-state index contributed by atoms with van der Waals surface area (Å²) in [6.07, 6.45) is 0.0857. The van der Waals surface area contributed by atoms with Gasteiger partial charge in [-0.3, -0.25) is 0 Å². The lowest BCUT2D eigenvalue weighted by molar-refractivity contribution is 0.00578. The Labute approximate surface area is 166 Å². The Balaban J connectivity index is 2.44. The summed E-state index contributed by atoms with van der Waals surface area (Å²) in [5.41, 5.74) is 0.124. The highest BCUT2D eigenvalue weighted by Crippen LogP contribution is 2.37. The van der Waals surface area contributed by atoms with Crippen LogP contribution >= 0.6 is 0 Å². The number of pyridine rings is 1. The van der Waals surface area contributed by atoms with Crippen molar-refractivity contribution in [1.82, 2.24) is 4.98 Å². The van der Waals surface area contributed by atoms with Gasteiger partial charge >= 0.3 is 13.1 Å². The third-order valence-electron chi connectivity index (χ3n) is 5.16. The molecule has 0 aliphatic carbocycles. The zero-order valence-corrected chi connectivity index (χ0v) is 17.7. The molecule has 0 aromatic carbocycles. The van der Waals surface area contributed by atoms with Crippen LogP contribution in [0.25, 0.3) is 0 Å². The molecular weight excluding hydrogens is 365 g/mol. The molecule has 1 saturated heterocycles. The summed E-state index contributed by atoms with van der Waals surface area (Å²) in [6.45, 7) is 10.2. The summed E-state index contributed by atoms with van der Waals surface area (Å²) in [5.74, 6) is -1.11. The molecule has 1 aromatic rings. The second kappa shape index (κ2) is 8.77. The second-order valence-electron chi connectivity index (χ2n) is 7.77. The van der Waals surface area contributed by atoms with E-state index in [2.05, 4.69) is 4.98 Å². The third-order valence-corrected chi connectivity index (χ3v) is 5.16. The first kappa shape index (κ1) is 22.6. The molecule has 1 fully saturated rings. The van der Waals surface area contributed by atoms with Crippen molar-refractivity contribution < 1.29 is 33.4 Å². The van der Waals surface area contributed by atoms with Crippen LogP contribution in [0.1, 0.15) is 50.7 Å². The molecule has 156 valence electrons. The number of carboxylic acid groups (broad SMARTS) is 1. The molecule has 0 saturated carbocycles. The van der Waals surface area contributed by atoms with Crippen molar-refractivity contribution in [1.29, 1.82) is 0 Å². The van der Waals surface area contributed by atoms with Gasteiger partial charge in [-0.05, 0) is 40.2 Å². The van der Waals surface area contributed by atoms with Crippen molar-refractivity contribution in [2.45, 2.75) is 58.3 Å². The van der Waals surface area contributed by atoms with Gasteiger partial charge < -0.3 is 28.6 Å². The van der Waals surface area contributed by atoms with Crippen LogP contribution < -0.4 is 10.2 Å². The van der Waals surface area contributed by atoms with E-state index in [0.29, 0.717) is 17.6 Å². The highest BCUT2D eigenvalue weighted by atomic mass is 16.7. The number of rotatable bonds is 9. The van der Waals surface area contributed by atoms with Crippen LogP contribution in [0.4, 0.5) is 0 Å². The lowest BCUT2D eigenvalue weighted by Crippen LogP contribution is -2.41. The number of aryl methyl sites for hydroxylation is 1. The smallest absolute Gasteiger partial charge is 0.477 e. The van der Waals surface area contributed by atoms with Crippen molar-refractivity contribution in [2.75, 3.05) is 27.4 Å². The fourth-order valence-corrected chi connectivity index (χ4v) is 2.89. The quantitative estimate of drug-likeness (QED) is 0.631. The molecule has 0 radical (unpaired) electrons. The normalized spacial score (nSPS) is 17.9. The standard InChI is InChI=1S/C19H30BNO7/c1-8-15-14(20-27-18(2,3)19(4,5)28-20)9-13(17(22)23)16(21-15)26-12(10-24-6)11-25-7/h9,12H,8,10-11H2,1-7H3,(H,22,23). The molecule has 1 aliphatic heterocycles. The van der Waals surface area contributed by atoms with E-state index < -0.39 is 30.4 Å². The summed E-state index contributed by atoms with van der Waals surface area (Å²) in [7, 11) is 2.38. The largest absolute Gasteiger partial charge is 0.496 e.